The highest BCUT2D eigenvalue weighted by Crippen LogP contribution is 2.21. The van der Waals surface area contributed by atoms with Crippen LogP contribution in [-0.2, 0) is 15.8 Å². The molecule has 9 nitrogen and oxygen atoms in total. The van der Waals surface area contributed by atoms with E-state index in [4.69, 9.17) is 4.52 Å². The fraction of sp³-hybridized carbons (Fsp3) is 0.273. The zero-order chi connectivity index (χ0) is 15.6. The molecular weight excluding hydrogens is 300 g/mol. The summed E-state index contributed by atoms with van der Waals surface area (Å²) >= 11 is 0. The molecule has 0 amide bonds. The molecule has 0 fully saturated rings. The van der Waals surface area contributed by atoms with Crippen LogP contribution < -0.4 is 0 Å². The molecule has 1 aromatic carbocycles. The first-order valence-corrected chi connectivity index (χ1v) is 7.38. The molecule has 0 radical (unpaired) electrons. The number of benzene rings is 1. The first-order valence-electron chi connectivity index (χ1n) is 5.77. The van der Waals surface area contributed by atoms with Crippen molar-refractivity contribution in [3.8, 4) is 11.5 Å². The lowest BCUT2D eigenvalue weighted by atomic mass is 10.2. The number of rotatable bonds is 5. The molecule has 10 heteroatoms. The van der Waals surface area contributed by atoms with Crippen molar-refractivity contribution in [3.05, 3.63) is 40.2 Å². The maximum Gasteiger partial charge on any atom is 0.269 e. The van der Waals surface area contributed by atoms with Gasteiger partial charge in [-0.3, -0.25) is 10.1 Å². The molecule has 0 saturated heterocycles. The minimum atomic E-state index is -3.48. The van der Waals surface area contributed by atoms with Crippen molar-refractivity contribution in [1.29, 1.82) is 0 Å². The summed E-state index contributed by atoms with van der Waals surface area (Å²) in [6.45, 7) is 0. The van der Waals surface area contributed by atoms with Gasteiger partial charge >= 0.3 is 0 Å². The van der Waals surface area contributed by atoms with E-state index in [0.717, 1.165) is 4.31 Å². The Morgan fingerprint density at radius 3 is 2.43 bits per heavy atom. The van der Waals surface area contributed by atoms with Crippen molar-refractivity contribution in [3.63, 3.8) is 0 Å². The van der Waals surface area contributed by atoms with E-state index in [-0.39, 0.29) is 23.2 Å². The third kappa shape index (κ3) is 3.41. The van der Waals surface area contributed by atoms with E-state index in [9.17, 15) is 18.5 Å². The monoisotopic (exact) mass is 312 g/mol. The summed E-state index contributed by atoms with van der Waals surface area (Å²) in [4.78, 5) is 14.0. The van der Waals surface area contributed by atoms with Crippen molar-refractivity contribution < 1.29 is 17.9 Å². The van der Waals surface area contributed by atoms with Gasteiger partial charge in [-0.15, -0.1) is 0 Å². The van der Waals surface area contributed by atoms with Crippen LogP contribution in [0, 0.1) is 10.1 Å². The van der Waals surface area contributed by atoms with Crippen molar-refractivity contribution in [2.75, 3.05) is 14.1 Å². The molecule has 0 bridgehead atoms. The second-order valence-corrected chi connectivity index (χ2v) is 6.54. The zero-order valence-corrected chi connectivity index (χ0v) is 12.1. The molecule has 0 N–H and O–H groups in total. The van der Waals surface area contributed by atoms with Crippen LogP contribution in [0.1, 0.15) is 5.82 Å². The predicted octanol–water partition coefficient (Wildman–Crippen LogP) is 1.04. The van der Waals surface area contributed by atoms with Crippen molar-refractivity contribution in [2.24, 2.45) is 0 Å². The third-order valence-electron chi connectivity index (χ3n) is 2.66. The minimum Gasteiger partial charge on any atom is -0.334 e. The molecule has 21 heavy (non-hydrogen) atoms. The van der Waals surface area contributed by atoms with Crippen molar-refractivity contribution in [2.45, 2.75) is 5.75 Å². The van der Waals surface area contributed by atoms with E-state index < -0.39 is 14.9 Å². The Kier molecular flexibility index (Phi) is 4.00. The second-order valence-electron chi connectivity index (χ2n) is 4.36. The Labute approximate surface area is 120 Å². The van der Waals surface area contributed by atoms with Gasteiger partial charge in [0.15, 0.2) is 5.82 Å². The number of nitro groups is 1. The van der Waals surface area contributed by atoms with Gasteiger partial charge in [0.1, 0.15) is 5.75 Å². The first kappa shape index (κ1) is 15.1. The molecular formula is C11H12N4O5S. The number of non-ortho nitro benzene ring substituents is 1. The van der Waals surface area contributed by atoms with Gasteiger partial charge in [0.05, 0.1) is 4.92 Å². The van der Waals surface area contributed by atoms with Crippen LogP contribution in [-0.4, -0.2) is 41.9 Å². The normalized spacial score (nSPS) is 11.8. The number of aromatic nitrogens is 2. The van der Waals surface area contributed by atoms with Gasteiger partial charge in [0.25, 0.3) is 11.6 Å². The van der Waals surface area contributed by atoms with Crippen LogP contribution in [0.25, 0.3) is 11.5 Å². The second kappa shape index (κ2) is 5.58. The van der Waals surface area contributed by atoms with Crippen LogP contribution in [0.15, 0.2) is 28.8 Å². The van der Waals surface area contributed by atoms with E-state index in [2.05, 4.69) is 10.1 Å². The number of nitrogens with zero attached hydrogens (tertiary/aromatic N) is 4. The molecule has 0 aliphatic carbocycles. The number of hydrogen-bond donors (Lipinski definition) is 0. The molecule has 0 aliphatic rings. The van der Waals surface area contributed by atoms with Gasteiger partial charge in [-0.25, -0.2) is 12.7 Å². The zero-order valence-electron chi connectivity index (χ0n) is 11.3. The van der Waals surface area contributed by atoms with Crippen LogP contribution >= 0.6 is 0 Å². The summed E-state index contributed by atoms with van der Waals surface area (Å²) in [6.07, 6.45) is 0. The Balaban J connectivity index is 2.22. The minimum absolute atomic E-state index is 0.0250. The molecule has 1 aromatic heterocycles. The van der Waals surface area contributed by atoms with Gasteiger partial charge < -0.3 is 4.52 Å². The first-order chi connectivity index (χ1) is 9.79. The predicted molar refractivity (Wildman–Crippen MR) is 72.7 cm³/mol. The maximum atomic E-state index is 11.7. The van der Waals surface area contributed by atoms with Gasteiger partial charge in [-0.05, 0) is 12.1 Å². The summed E-state index contributed by atoms with van der Waals surface area (Å²) < 4.78 is 29.4. The van der Waals surface area contributed by atoms with E-state index in [1.165, 1.54) is 38.4 Å². The van der Waals surface area contributed by atoms with Gasteiger partial charge in [0.2, 0.25) is 10.0 Å². The summed E-state index contributed by atoms with van der Waals surface area (Å²) in [5, 5.41) is 14.1. The highest BCUT2D eigenvalue weighted by atomic mass is 32.2. The van der Waals surface area contributed by atoms with E-state index in [1.54, 1.807) is 0 Å². The lowest BCUT2D eigenvalue weighted by Crippen LogP contribution is -2.24. The molecule has 0 aliphatic heterocycles. The van der Waals surface area contributed by atoms with Crippen LogP contribution in [0.2, 0.25) is 0 Å². The summed E-state index contributed by atoms with van der Waals surface area (Å²) in [6, 6.07) is 5.51. The number of hydrogen-bond acceptors (Lipinski definition) is 7. The summed E-state index contributed by atoms with van der Waals surface area (Å²) in [5.74, 6) is -0.248. The fourth-order valence-corrected chi connectivity index (χ4v) is 2.15. The van der Waals surface area contributed by atoms with Crippen LogP contribution in [0.4, 0.5) is 5.69 Å². The lowest BCUT2D eigenvalue weighted by molar-refractivity contribution is -0.384. The molecule has 0 atom stereocenters. The van der Waals surface area contributed by atoms with Gasteiger partial charge in [0, 0.05) is 31.8 Å². The Bertz CT molecular complexity index is 751. The summed E-state index contributed by atoms with van der Waals surface area (Å²) in [5.41, 5.74) is 0.412. The van der Waals surface area contributed by atoms with E-state index in [0.29, 0.717) is 5.56 Å². The molecule has 2 rings (SSSR count). The number of nitro benzene ring substituents is 1. The molecule has 0 unspecified atom stereocenters. The topological polar surface area (TPSA) is 119 Å². The van der Waals surface area contributed by atoms with Crippen molar-refractivity contribution in [1.82, 2.24) is 14.4 Å². The summed E-state index contributed by atoms with van der Waals surface area (Å²) in [7, 11) is -0.660. The molecule has 112 valence electrons. The number of sulfonamides is 1. The smallest absolute Gasteiger partial charge is 0.269 e. The van der Waals surface area contributed by atoms with E-state index in [1.807, 2.05) is 0 Å². The highest BCUT2D eigenvalue weighted by Gasteiger charge is 2.19. The highest BCUT2D eigenvalue weighted by molar-refractivity contribution is 7.88. The fourth-order valence-electron chi connectivity index (χ4n) is 1.45. The largest absolute Gasteiger partial charge is 0.334 e. The van der Waals surface area contributed by atoms with E-state index >= 15 is 0 Å². The van der Waals surface area contributed by atoms with Gasteiger partial charge in [-0.1, -0.05) is 5.16 Å². The SMILES string of the molecule is CN(C)S(=O)(=O)Cc1noc(-c2ccc([N+](=O)[O-])cc2)n1. The molecule has 1 heterocycles. The van der Waals surface area contributed by atoms with Crippen LogP contribution in [0.5, 0.6) is 0 Å². The molecule has 2 aromatic rings. The Hall–Kier alpha value is -2.33. The standard InChI is InChI=1S/C11H12N4O5S/c1-14(2)21(18,19)7-10-12-11(20-13-10)8-3-5-9(6-4-8)15(16)17/h3-6H,7H2,1-2H3. The molecule has 0 saturated carbocycles. The quantitative estimate of drug-likeness (QED) is 0.597. The van der Waals surface area contributed by atoms with Gasteiger partial charge in [-0.2, -0.15) is 4.98 Å². The van der Waals surface area contributed by atoms with Crippen LogP contribution in [0.3, 0.4) is 0 Å². The molecule has 0 spiro atoms. The Morgan fingerprint density at radius 1 is 1.29 bits per heavy atom. The average Bonchev–Trinajstić information content (AvgIpc) is 2.86. The lowest BCUT2D eigenvalue weighted by Gasteiger charge is -2.08. The third-order valence-corrected chi connectivity index (χ3v) is 4.40. The van der Waals surface area contributed by atoms with Crippen molar-refractivity contribution >= 4 is 15.7 Å². The average molecular weight is 312 g/mol. The maximum absolute atomic E-state index is 11.7. The Morgan fingerprint density at radius 2 is 1.90 bits per heavy atom.